The van der Waals surface area contributed by atoms with Crippen molar-refractivity contribution in [2.75, 3.05) is 5.75 Å². The first kappa shape index (κ1) is 10.7. The van der Waals surface area contributed by atoms with Gasteiger partial charge in [-0.25, -0.2) is 4.39 Å². The Morgan fingerprint density at radius 2 is 2.43 bits per heavy atom. The number of thioether (sulfide) groups is 1. The van der Waals surface area contributed by atoms with Crippen LogP contribution in [0.3, 0.4) is 0 Å². The van der Waals surface area contributed by atoms with Crippen molar-refractivity contribution >= 4 is 16.9 Å². The molecule has 0 aliphatic heterocycles. The van der Waals surface area contributed by atoms with Gasteiger partial charge in [0, 0.05) is 18.7 Å². The molecule has 2 nitrogen and oxygen atoms in total. The number of rotatable bonds is 1. The first-order valence-electron chi connectivity index (χ1n) is 3.91. The Morgan fingerprint density at radius 1 is 1.64 bits per heavy atom. The molecule has 0 spiro atoms. The molecule has 0 saturated heterocycles. The Kier molecular flexibility index (Phi) is 4.14. The molecule has 0 bridgehead atoms. The van der Waals surface area contributed by atoms with Gasteiger partial charge in [-0.2, -0.15) is 0 Å². The van der Waals surface area contributed by atoms with Gasteiger partial charge in [0.15, 0.2) is 5.12 Å². The first-order chi connectivity index (χ1) is 6.68. The van der Waals surface area contributed by atoms with Gasteiger partial charge < -0.3 is 0 Å². The topological polar surface area (TPSA) is 30.0 Å². The summed E-state index contributed by atoms with van der Waals surface area (Å²) in [5.41, 5.74) is 0.522. The van der Waals surface area contributed by atoms with Crippen molar-refractivity contribution in [3.63, 3.8) is 0 Å². The van der Waals surface area contributed by atoms with Gasteiger partial charge in [-0.3, -0.25) is 9.78 Å². The smallest absolute Gasteiger partial charge is 0.186 e. The van der Waals surface area contributed by atoms with Crippen molar-refractivity contribution in [1.82, 2.24) is 4.98 Å². The lowest BCUT2D eigenvalue weighted by atomic mass is 10.3. The summed E-state index contributed by atoms with van der Waals surface area (Å²) >= 11 is 1.13. The van der Waals surface area contributed by atoms with Crippen LogP contribution in [0.4, 0.5) is 4.39 Å². The second-order valence-electron chi connectivity index (χ2n) is 2.47. The Labute approximate surface area is 85.9 Å². The summed E-state index contributed by atoms with van der Waals surface area (Å²) in [5, 5.41) is 0.0247. The maximum atomic E-state index is 12.6. The van der Waals surface area contributed by atoms with Crippen molar-refractivity contribution in [3.8, 4) is 11.8 Å². The molecule has 1 aromatic heterocycles. The van der Waals surface area contributed by atoms with Crippen LogP contribution in [0.2, 0.25) is 0 Å². The largest absolute Gasteiger partial charge is 0.288 e. The van der Waals surface area contributed by atoms with E-state index >= 15 is 0 Å². The van der Waals surface area contributed by atoms with Crippen LogP contribution in [0.25, 0.3) is 0 Å². The van der Waals surface area contributed by atoms with E-state index in [1.54, 1.807) is 0 Å². The minimum absolute atomic E-state index is 0.0247. The van der Waals surface area contributed by atoms with Gasteiger partial charge in [0.05, 0.1) is 11.9 Å². The summed E-state index contributed by atoms with van der Waals surface area (Å²) in [6.45, 7) is 1.48. The van der Waals surface area contributed by atoms with Crippen LogP contribution in [0.1, 0.15) is 12.5 Å². The van der Waals surface area contributed by atoms with Crippen LogP contribution in [-0.2, 0) is 4.79 Å². The molecule has 0 fully saturated rings. The Bertz CT molecular complexity index is 395. The number of hydrogen-bond acceptors (Lipinski definition) is 3. The molecule has 0 aliphatic rings. The lowest BCUT2D eigenvalue weighted by Gasteiger charge is -1.89. The molecule has 0 atom stereocenters. The molecule has 0 radical (unpaired) electrons. The van der Waals surface area contributed by atoms with E-state index in [9.17, 15) is 9.18 Å². The molecule has 0 aromatic carbocycles. The van der Waals surface area contributed by atoms with E-state index in [-0.39, 0.29) is 5.12 Å². The summed E-state index contributed by atoms with van der Waals surface area (Å²) in [5.74, 6) is 5.48. The predicted octanol–water partition coefficient (Wildman–Crippen LogP) is 1.85. The van der Waals surface area contributed by atoms with Crippen molar-refractivity contribution in [2.24, 2.45) is 0 Å². The Balaban J connectivity index is 2.55. The molecule has 0 aliphatic carbocycles. The maximum absolute atomic E-state index is 12.6. The lowest BCUT2D eigenvalue weighted by molar-refractivity contribution is -0.109. The number of pyridine rings is 1. The van der Waals surface area contributed by atoms with Crippen LogP contribution in [0, 0.1) is 17.7 Å². The van der Waals surface area contributed by atoms with Gasteiger partial charge in [0.25, 0.3) is 0 Å². The van der Waals surface area contributed by atoms with Crippen LogP contribution in [0.5, 0.6) is 0 Å². The van der Waals surface area contributed by atoms with E-state index < -0.39 is 5.82 Å². The third-order valence-corrected chi connectivity index (χ3v) is 1.98. The molecule has 0 N–H and O–H groups in total. The average Bonchev–Trinajstić information content (AvgIpc) is 2.12. The first-order valence-corrected chi connectivity index (χ1v) is 4.90. The molecule has 1 rings (SSSR count). The number of halogens is 1. The molecule has 1 heterocycles. The van der Waals surface area contributed by atoms with Crippen molar-refractivity contribution < 1.29 is 9.18 Å². The van der Waals surface area contributed by atoms with E-state index in [0.29, 0.717) is 11.3 Å². The number of hydrogen-bond donors (Lipinski definition) is 0. The molecule has 72 valence electrons. The van der Waals surface area contributed by atoms with Gasteiger partial charge in [0.1, 0.15) is 5.82 Å². The van der Waals surface area contributed by atoms with Crippen LogP contribution in [-0.4, -0.2) is 15.9 Å². The van der Waals surface area contributed by atoms with E-state index in [0.717, 1.165) is 18.0 Å². The van der Waals surface area contributed by atoms with E-state index in [4.69, 9.17) is 0 Å². The van der Waals surface area contributed by atoms with Gasteiger partial charge in [-0.05, 0) is 6.07 Å². The van der Waals surface area contributed by atoms with Crippen molar-refractivity contribution in [2.45, 2.75) is 6.92 Å². The summed E-state index contributed by atoms with van der Waals surface area (Å²) in [6.07, 6.45) is 2.60. The van der Waals surface area contributed by atoms with Gasteiger partial charge in [-0.1, -0.05) is 23.6 Å². The second kappa shape index (κ2) is 5.40. The monoisotopic (exact) mass is 209 g/mol. The standard InChI is InChI=1S/C10H8FNOS/c1-8(13)14-4-2-3-9-5-10(11)7-12-6-9/h5-7H,4H2,1H3. The zero-order chi connectivity index (χ0) is 10.4. The summed E-state index contributed by atoms with van der Waals surface area (Å²) < 4.78 is 12.6. The highest BCUT2D eigenvalue weighted by Gasteiger charge is 1.91. The van der Waals surface area contributed by atoms with Crippen molar-refractivity contribution in [3.05, 3.63) is 29.8 Å². The van der Waals surface area contributed by atoms with Crippen LogP contribution >= 0.6 is 11.8 Å². The Hall–Kier alpha value is -1.34. The third-order valence-electron chi connectivity index (χ3n) is 1.29. The summed E-state index contributed by atoms with van der Waals surface area (Å²) in [4.78, 5) is 14.2. The quantitative estimate of drug-likeness (QED) is 0.661. The molecule has 0 amide bonds. The average molecular weight is 209 g/mol. The highest BCUT2D eigenvalue weighted by atomic mass is 32.2. The van der Waals surface area contributed by atoms with Crippen molar-refractivity contribution in [1.29, 1.82) is 0 Å². The summed E-state index contributed by atoms with van der Waals surface area (Å²) in [7, 11) is 0. The number of aromatic nitrogens is 1. The number of nitrogens with zero attached hydrogens (tertiary/aromatic N) is 1. The fourth-order valence-corrected chi connectivity index (χ4v) is 1.10. The third kappa shape index (κ3) is 4.06. The molecule has 0 unspecified atom stereocenters. The van der Waals surface area contributed by atoms with Crippen LogP contribution < -0.4 is 0 Å². The highest BCUT2D eigenvalue weighted by molar-refractivity contribution is 8.13. The molecular formula is C10H8FNOS. The molecule has 1 aromatic rings. The molecule has 14 heavy (non-hydrogen) atoms. The lowest BCUT2D eigenvalue weighted by Crippen LogP contribution is -1.84. The summed E-state index contributed by atoms with van der Waals surface area (Å²) in [6, 6.07) is 1.30. The molecular weight excluding hydrogens is 201 g/mol. The fraction of sp³-hybridized carbons (Fsp3) is 0.200. The van der Waals surface area contributed by atoms with E-state index in [1.165, 1.54) is 19.2 Å². The predicted molar refractivity (Wildman–Crippen MR) is 54.2 cm³/mol. The SMILES string of the molecule is CC(=O)SCC#Cc1cncc(F)c1. The van der Waals surface area contributed by atoms with Gasteiger partial charge in [-0.15, -0.1) is 0 Å². The minimum Gasteiger partial charge on any atom is -0.288 e. The van der Waals surface area contributed by atoms with Gasteiger partial charge >= 0.3 is 0 Å². The van der Waals surface area contributed by atoms with E-state index in [1.807, 2.05) is 0 Å². The highest BCUT2D eigenvalue weighted by Crippen LogP contribution is 2.00. The minimum atomic E-state index is -0.406. The van der Waals surface area contributed by atoms with Gasteiger partial charge in [0.2, 0.25) is 0 Å². The molecule has 4 heteroatoms. The maximum Gasteiger partial charge on any atom is 0.186 e. The fourth-order valence-electron chi connectivity index (χ4n) is 0.756. The number of carbonyl (C=O) groups is 1. The zero-order valence-corrected chi connectivity index (χ0v) is 8.40. The Morgan fingerprint density at radius 3 is 3.07 bits per heavy atom. The van der Waals surface area contributed by atoms with Crippen LogP contribution in [0.15, 0.2) is 18.5 Å². The zero-order valence-electron chi connectivity index (χ0n) is 7.58. The second-order valence-corrected chi connectivity index (χ2v) is 3.63. The number of carbonyl (C=O) groups excluding carboxylic acids is 1. The van der Waals surface area contributed by atoms with E-state index in [2.05, 4.69) is 16.8 Å². The molecule has 0 saturated carbocycles. The normalized spacial score (nSPS) is 9.00.